The predicted octanol–water partition coefficient (Wildman–Crippen LogP) is 0.731. The number of likely N-dealkylation sites (tertiary alicyclic amines) is 1. The fourth-order valence-electron chi connectivity index (χ4n) is 2.06. The second-order valence-electron chi connectivity index (χ2n) is 4.32. The number of carbonyl (C=O) groups excluding carboxylic acids is 1. The van der Waals surface area contributed by atoms with Crippen molar-refractivity contribution in [3.63, 3.8) is 0 Å². The zero-order chi connectivity index (χ0) is 12.0. The summed E-state index contributed by atoms with van der Waals surface area (Å²) in [6.45, 7) is 4.10. The summed E-state index contributed by atoms with van der Waals surface area (Å²) in [7, 11) is 0. The first kappa shape index (κ1) is 16.2. The summed E-state index contributed by atoms with van der Waals surface area (Å²) in [6.07, 6.45) is 3.52. The molecular weight excluding hydrogens is 244 g/mol. The third kappa shape index (κ3) is 6.48. The number of halogens is 1. The van der Waals surface area contributed by atoms with E-state index in [0.29, 0.717) is 12.5 Å². The van der Waals surface area contributed by atoms with Crippen LogP contribution in [0.3, 0.4) is 0 Å². The number of carboxylic acid groups (broad SMARTS) is 1. The Hall–Kier alpha value is -0.810. The van der Waals surface area contributed by atoms with Gasteiger partial charge in [-0.3, -0.25) is 14.5 Å². The van der Waals surface area contributed by atoms with Crippen molar-refractivity contribution < 1.29 is 14.7 Å². The first-order valence-electron chi connectivity index (χ1n) is 5.82. The average Bonchev–Trinajstić information content (AvgIpc) is 2.26. The van der Waals surface area contributed by atoms with Crippen LogP contribution in [0.15, 0.2) is 0 Å². The van der Waals surface area contributed by atoms with E-state index < -0.39 is 5.97 Å². The van der Waals surface area contributed by atoms with E-state index in [1.54, 1.807) is 0 Å². The molecule has 0 spiro atoms. The van der Waals surface area contributed by atoms with Gasteiger partial charge in [0.1, 0.15) is 6.54 Å². The Bertz CT molecular complexity index is 261. The SMILES string of the molecule is CCC1CCCN(CC(=O)NCC(=O)O)C1.Cl. The Morgan fingerprint density at radius 3 is 2.76 bits per heavy atom. The van der Waals surface area contributed by atoms with Crippen LogP contribution < -0.4 is 5.32 Å². The van der Waals surface area contributed by atoms with Gasteiger partial charge >= 0.3 is 5.97 Å². The zero-order valence-electron chi connectivity index (χ0n) is 10.1. The lowest BCUT2D eigenvalue weighted by Crippen LogP contribution is -2.43. The molecule has 0 bridgehead atoms. The first-order chi connectivity index (χ1) is 7.61. The Labute approximate surface area is 108 Å². The minimum Gasteiger partial charge on any atom is -0.480 e. The van der Waals surface area contributed by atoms with Gasteiger partial charge in [-0.1, -0.05) is 13.3 Å². The summed E-state index contributed by atoms with van der Waals surface area (Å²) in [5.74, 6) is -0.515. The fourth-order valence-corrected chi connectivity index (χ4v) is 2.06. The summed E-state index contributed by atoms with van der Waals surface area (Å²) in [5, 5.41) is 10.8. The monoisotopic (exact) mass is 264 g/mol. The summed E-state index contributed by atoms with van der Waals surface area (Å²) in [4.78, 5) is 23.8. The van der Waals surface area contributed by atoms with Gasteiger partial charge in [0, 0.05) is 6.54 Å². The number of rotatable bonds is 5. The normalized spacial score (nSPS) is 20.4. The summed E-state index contributed by atoms with van der Waals surface area (Å²) < 4.78 is 0. The molecule has 1 heterocycles. The zero-order valence-corrected chi connectivity index (χ0v) is 11.0. The maximum absolute atomic E-state index is 11.4. The molecule has 1 fully saturated rings. The number of carbonyl (C=O) groups is 2. The topological polar surface area (TPSA) is 69.6 Å². The highest BCUT2D eigenvalue weighted by Crippen LogP contribution is 2.18. The van der Waals surface area contributed by atoms with Gasteiger partial charge in [-0.15, -0.1) is 12.4 Å². The van der Waals surface area contributed by atoms with Crippen LogP contribution in [0.2, 0.25) is 0 Å². The van der Waals surface area contributed by atoms with Crippen molar-refractivity contribution in [3.8, 4) is 0 Å². The molecule has 1 rings (SSSR count). The molecule has 1 atom stereocenters. The molecule has 0 aromatic carbocycles. The van der Waals surface area contributed by atoms with Gasteiger partial charge in [0.2, 0.25) is 5.91 Å². The minimum absolute atomic E-state index is 0. The number of amides is 1. The molecule has 17 heavy (non-hydrogen) atoms. The lowest BCUT2D eigenvalue weighted by Gasteiger charge is -2.31. The summed E-state index contributed by atoms with van der Waals surface area (Å²) in [6, 6.07) is 0. The highest BCUT2D eigenvalue weighted by atomic mass is 35.5. The molecule has 0 aromatic rings. The Morgan fingerprint density at radius 2 is 2.18 bits per heavy atom. The largest absolute Gasteiger partial charge is 0.480 e. The van der Waals surface area contributed by atoms with Crippen LogP contribution in [-0.2, 0) is 9.59 Å². The number of nitrogens with one attached hydrogen (secondary N) is 1. The molecule has 1 saturated heterocycles. The van der Waals surface area contributed by atoms with Crippen molar-refractivity contribution >= 4 is 24.3 Å². The van der Waals surface area contributed by atoms with E-state index in [1.165, 1.54) is 6.42 Å². The highest BCUT2D eigenvalue weighted by Gasteiger charge is 2.20. The van der Waals surface area contributed by atoms with Crippen LogP contribution in [0, 0.1) is 5.92 Å². The van der Waals surface area contributed by atoms with E-state index in [4.69, 9.17) is 5.11 Å². The standard InChI is InChI=1S/C11H20N2O3.ClH/c1-2-9-4-3-5-13(7-9)8-10(14)12-6-11(15)16;/h9H,2-8H2,1H3,(H,12,14)(H,15,16);1H. The van der Waals surface area contributed by atoms with Crippen LogP contribution in [0.4, 0.5) is 0 Å². The summed E-state index contributed by atoms with van der Waals surface area (Å²) >= 11 is 0. The third-order valence-corrected chi connectivity index (χ3v) is 2.98. The van der Waals surface area contributed by atoms with Crippen LogP contribution in [-0.4, -0.2) is 48.1 Å². The smallest absolute Gasteiger partial charge is 0.322 e. The molecule has 5 nitrogen and oxygen atoms in total. The van der Waals surface area contributed by atoms with Crippen molar-refractivity contribution in [3.05, 3.63) is 0 Å². The number of nitrogens with zero attached hydrogens (tertiary/aromatic N) is 1. The molecule has 0 aromatic heterocycles. The quantitative estimate of drug-likeness (QED) is 0.768. The van der Waals surface area contributed by atoms with Gasteiger partial charge < -0.3 is 10.4 Å². The van der Waals surface area contributed by atoms with E-state index in [-0.39, 0.29) is 24.9 Å². The van der Waals surface area contributed by atoms with E-state index in [9.17, 15) is 9.59 Å². The third-order valence-electron chi connectivity index (χ3n) is 2.98. The number of hydrogen-bond donors (Lipinski definition) is 2. The Balaban J connectivity index is 0.00000256. The van der Waals surface area contributed by atoms with Gasteiger partial charge in [-0.05, 0) is 25.3 Å². The molecule has 0 radical (unpaired) electrons. The van der Waals surface area contributed by atoms with Crippen molar-refractivity contribution in [1.82, 2.24) is 10.2 Å². The second-order valence-corrected chi connectivity index (χ2v) is 4.32. The van der Waals surface area contributed by atoms with Crippen LogP contribution in [0.1, 0.15) is 26.2 Å². The molecule has 2 N–H and O–H groups in total. The Morgan fingerprint density at radius 1 is 1.47 bits per heavy atom. The Kier molecular flexibility index (Phi) is 7.91. The van der Waals surface area contributed by atoms with Crippen molar-refractivity contribution in [1.29, 1.82) is 0 Å². The van der Waals surface area contributed by atoms with Crippen molar-refractivity contribution in [2.75, 3.05) is 26.2 Å². The highest BCUT2D eigenvalue weighted by molar-refractivity contribution is 5.85. The van der Waals surface area contributed by atoms with Crippen LogP contribution in [0.25, 0.3) is 0 Å². The van der Waals surface area contributed by atoms with Crippen LogP contribution in [0.5, 0.6) is 0 Å². The van der Waals surface area contributed by atoms with Crippen molar-refractivity contribution in [2.24, 2.45) is 5.92 Å². The van der Waals surface area contributed by atoms with Crippen molar-refractivity contribution in [2.45, 2.75) is 26.2 Å². The molecule has 1 aliphatic rings. The first-order valence-corrected chi connectivity index (χ1v) is 5.82. The van der Waals surface area contributed by atoms with E-state index >= 15 is 0 Å². The molecule has 1 aliphatic heterocycles. The van der Waals surface area contributed by atoms with Gasteiger partial charge in [0.15, 0.2) is 0 Å². The molecule has 6 heteroatoms. The number of hydrogen-bond acceptors (Lipinski definition) is 3. The van der Waals surface area contributed by atoms with Gasteiger partial charge in [0.05, 0.1) is 6.54 Å². The number of aliphatic carboxylic acids is 1. The van der Waals surface area contributed by atoms with Crippen LogP contribution >= 0.6 is 12.4 Å². The summed E-state index contributed by atoms with van der Waals surface area (Å²) in [5.41, 5.74) is 0. The predicted molar refractivity (Wildman–Crippen MR) is 67.3 cm³/mol. The molecule has 1 amide bonds. The second kappa shape index (κ2) is 8.31. The molecule has 1 unspecified atom stereocenters. The molecule has 0 saturated carbocycles. The van der Waals surface area contributed by atoms with Gasteiger partial charge in [-0.2, -0.15) is 0 Å². The van der Waals surface area contributed by atoms with E-state index in [1.807, 2.05) is 0 Å². The maximum Gasteiger partial charge on any atom is 0.322 e. The lowest BCUT2D eigenvalue weighted by molar-refractivity contribution is -0.138. The number of carboxylic acids is 1. The maximum atomic E-state index is 11.4. The van der Waals surface area contributed by atoms with E-state index in [0.717, 1.165) is 25.9 Å². The molecule has 100 valence electrons. The van der Waals surface area contributed by atoms with Gasteiger partial charge in [-0.25, -0.2) is 0 Å². The van der Waals surface area contributed by atoms with Gasteiger partial charge in [0.25, 0.3) is 0 Å². The average molecular weight is 265 g/mol. The van der Waals surface area contributed by atoms with E-state index in [2.05, 4.69) is 17.1 Å². The lowest BCUT2D eigenvalue weighted by atomic mass is 9.96. The fraction of sp³-hybridized carbons (Fsp3) is 0.818. The number of piperidine rings is 1. The minimum atomic E-state index is -1.00. The molecular formula is C11H21ClN2O3. The molecule has 0 aliphatic carbocycles.